The summed E-state index contributed by atoms with van der Waals surface area (Å²) in [5.74, 6) is -0.255. The molecule has 0 radical (unpaired) electrons. The third-order valence-electron chi connectivity index (χ3n) is 3.04. The maximum absolute atomic E-state index is 12.0. The Morgan fingerprint density at radius 2 is 1.61 bits per heavy atom. The Kier molecular flexibility index (Phi) is 5.87. The van der Waals surface area contributed by atoms with Crippen LogP contribution in [0.1, 0.15) is 12.8 Å². The van der Waals surface area contributed by atoms with Gasteiger partial charge in [-0.2, -0.15) is 13.2 Å². The smallest absolute Gasteiger partial charge is 0.390 e. The van der Waals surface area contributed by atoms with Gasteiger partial charge in [0, 0.05) is 39.3 Å². The molecule has 0 N–H and O–H groups in total. The normalized spacial score (nSPS) is 18.9. The van der Waals surface area contributed by atoms with Crippen LogP contribution in [0.25, 0.3) is 0 Å². The molecule has 1 aliphatic heterocycles. The highest BCUT2D eigenvalue weighted by Gasteiger charge is 2.28. The number of halogens is 3. The first-order chi connectivity index (χ1) is 8.40. The summed E-state index contributed by atoms with van der Waals surface area (Å²) >= 11 is 0. The predicted molar refractivity (Wildman–Crippen MR) is 60.2 cm³/mol. The quantitative estimate of drug-likeness (QED) is 0.700. The standard InChI is InChI=1S/C11H19F3N2O2/c1-18-10(17)2-4-15-6-8-16(9-7-15)5-3-11(12,13)14/h2-9H2,1H3. The van der Waals surface area contributed by atoms with Crippen molar-refractivity contribution in [3.8, 4) is 0 Å². The fourth-order valence-corrected chi connectivity index (χ4v) is 1.87. The van der Waals surface area contributed by atoms with Gasteiger partial charge >= 0.3 is 12.1 Å². The van der Waals surface area contributed by atoms with Crippen LogP contribution in [0.4, 0.5) is 13.2 Å². The van der Waals surface area contributed by atoms with Crippen molar-refractivity contribution in [3.63, 3.8) is 0 Å². The lowest BCUT2D eigenvalue weighted by atomic mass is 10.2. The summed E-state index contributed by atoms with van der Waals surface area (Å²) in [6, 6.07) is 0. The van der Waals surface area contributed by atoms with Gasteiger partial charge in [-0.25, -0.2) is 0 Å². The molecule has 0 unspecified atom stereocenters. The zero-order valence-corrected chi connectivity index (χ0v) is 10.5. The van der Waals surface area contributed by atoms with Crippen LogP contribution in [0, 0.1) is 0 Å². The van der Waals surface area contributed by atoms with Crippen LogP contribution in [0.5, 0.6) is 0 Å². The summed E-state index contributed by atoms with van der Waals surface area (Å²) in [4.78, 5) is 14.8. The van der Waals surface area contributed by atoms with Gasteiger partial charge < -0.3 is 14.5 Å². The highest BCUT2D eigenvalue weighted by atomic mass is 19.4. The van der Waals surface area contributed by atoms with Crippen molar-refractivity contribution in [1.29, 1.82) is 0 Å². The van der Waals surface area contributed by atoms with Gasteiger partial charge in [-0.3, -0.25) is 4.79 Å². The SMILES string of the molecule is COC(=O)CCN1CCN(CCC(F)(F)F)CC1. The largest absolute Gasteiger partial charge is 0.469 e. The first-order valence-corrected chi connectivity index (χ1v) is 5.99. The van der Waals surface area contributed by atoms with Crippen LogP contribution in [-0.4, -0.2) is 68.3 Å². The van der Waals surface area contributed by atoms with E-state index in [1.165, 1.54) is 7.11 Å². The third kappa shape index (κ3) is 6.20. The fraction of sp³-hybridized carbons (Fsp3) is 0.909. The molecule has 0 aliphatic carbocycles. The molecule has 18 heavy (non-hydrogen) atoms. The number of ether oxygens (including phenoxy) is 1. The van der Waals surface area contributed by atoms with E-state index in [4.69, 9.17) is 0 Å². The monoisotopic (exact) mass is 268 g/mol. The Hall–Kier alpha value is -0.820. The van der Waals surface area contributed by atoms with Crippen LogP contribution >= 0.6 is 0 Å². The summed E-state index contributed by atoms with van der Waals surface area (Å²) < 4.78 is 40.7. The maximum Gasteiger partial charge on any atom is 0.390 e. The molecule has 1 saturated heterocycles. The van der Waals surface area contributed by atoms with E-state index in [0.717, 1.165) is 0 Å². The Labute approximate surface area is 105 Å². The number of piperazine rings is 1. The number of esters is 1. The number of hydrogen-bond donors (Lipinski definition) is 0. The van der Waals surface area contributed by atoms with Crippen molar-refractivity contribution >= 4 is 5.97 Å². The highest BCUT2D eigenvalue weighted by Crippen LogP contribution is 2.20. The van der Waals surface area contributed by atoms with Gasteiger partial charge in [0.25, 0.3) is 0 Å². The van der Waals surface area contributed by atoms with Crippen molar-refractivity contribution in [2.24, 2.45) is 0 Å². The fourth-order valence-electron chi connectivity index (χ4n) is 1.87. The van der Waals surface area contributed by atoms with Crippen molar-refractivity contribution < 1.29 is 22.7 Å². The van der Waals surface area contributed by atoms with E-state index in [-0.39, 0.29) is 12.5 Å². The second kappa shape index (κ2) is 6.94. The number of nitrogens with zero attached hydrogens (tertiary/aromatic N) is 2. The highest BCUT2D eigenvalue weighted by molar-refractivity contribution is 5.69. The number of hydrogen-bond acceptors (Lipinski definition) is 4. The Morgan fingerprint density at radius 3 is 2.06 bits per heavy atom. The second-order valence-corrected chi connectivity index (χ2v) is 4.37. The Balaban J connectivity index is 2.15. The predicted octanol–water partition coefficient (Wildman–Crippen LogP) is 1.12. The summed E-state index contributed by atoms with van der Waals surface area (Å²) in [6.07, 6.45) is -4.50. The number of rotatable bonds is 5. The Morgan fingerprint density at radius 1 is 1.11 bits per heavy atom. The molecule has 0 bridgehead atoms. The molecule has 1 aliphatic rings. The summed E-state index contributed by atoms with van der Waals surface area (Å²) in [6.45, 7) is 3.33. The lowest BCUT2D eigenvalue weighted by molar-refractivity contribution is -0.142. The molecule has 7 heteroatoms. The van der Waals surface area contributed by atoms with Crippen LogP contribution in [-0.2, 0) is 9.53 Å². The first-order valence-electron chi connectivity index (χ1n) is 5.99. The molecule has 0 amide bonds. The number of carbonyl (C=O) groups excluding carboxylic acids is 1. The molecule has 0 aromatic heterocycles. The first kappa shape index (κ1) is 15.2. The molecule has 1 rings (SSSR count). The van der Waals surface area contributed by atoms with Gasteiger partial charge in [0.05, 0.1) is 20.0 Å². The zero-order chi connectivity index (χ0) is 13.6. The summed E-state index contributed by atoms with van der Waals surface area (Å²) in [5, 5.41) is 0. The van der Waals surface area contributed by atoms with Crippen LogP contribution in [0.15, 0.2) is 0 Å². The van der Waals surface area contributed by atoms with E-state index in [0.29, 0.717) is 39.1 Å². The topological polar surface area (TPSA) is 32.8 Å². The van der Waals surface area contributed by atoms with Gasteiger partial charge in [0.2, 0.25) is 0 Å². The minimum atomic E-state index is -4.08. The van der Waals surface area contributed by atoms with Gasteiger partial charge in [-0.1, -0.05) is 0 Å². The van der Waals surface area contributed by atoms with Gasteiger partial charge in [-0.05, 0) is 0 Å². The van der Waals surface area contributed by atoms with Gasteiger partial charge in [-0.15, -0.1) is 0 Å². The second-order valence-electron chi connectivity index (χ2n) is 4.37. The molecular formula is C11H19F3N2O2. The average Bonchev–Trinajstić information content (AvgIpc) is 2.33. The number of carbonyl (C=O) groups is 1. The summed E-state index contributed by atoms with van der Waals surface area (Å²) in [7, 11) is 1.34. The molecule has 1 fully saturated rings. The molecule has 106 valence electrons. The minimum absolute atomic E-state index is 0.0638. The van der Waals surface area contributed by atoms with Crippen LogP contribution < -0.4 is 0 Å². The lowest BCUT2D eigenvalue weighted by Crippen LogP contribution is -2.47. The van der Waals surface area contributed by atoms with E-state index < -0.39 is 12.6 Å². The van der Waals surface area contributed by atoms with E-state index >= 15 is 0 Å². The van der Waals surface area contributed by atoms with Crippen LogP contribution in [0.3, 0.4) is 0 Å². The van der Waals surface area contributed by atoms with Gasteiger partial charge in [0.1, 0.15) is 0 Å². The molecule has 0 atom stereocenters. The van der Waals surface area contributed by atoms with E-state index in [1.54, 1.807) is 0 Å². The molecule has 4 nitrogen and oxygen atoms in total. The minimum Gasteiger partial charge on any atom is -0.469 e. The Bertz CT molecular complexity index is 264. The molecule has 0 aromatic carbocycles. The zero-order valence-electron chi connectivity index (χ0n) is 10.5. The van der Waals surface area contributed by atoms with Crippen LogP contribution in [0.2, 0.25) is 0 Å². The molecule has 1 heterocycles. The average molecular weight is 268 g/mol. The van der Waals surface area contributed by atoms with Crippen molar-refractivity contribution in [1.82, 2.24) is 9.80 Å². The maximum atomic E-state index is 12.0. The lowest BCUT2D eigenvalue weighted by Gasteiger charge is -2.34. The van der Waals surface area contributed by atoms with E-state index in [1.807, 2.05) is 4.90 Å². The van der Waals surface area contributed by atoms with E-state index in [9.17, 15) is 18.0 Å². The number of methoxy groups -OCH3 is 1. The van der Waals surface area contributed by atoms with E-state index in [2.05, 4.69) is 9.64 Å². The molecule has 0 spiro atoms. The third-order valence-corrected chi connectivity index (χ3v) is 3.04. The summed E-state index contributed by atoms with van der Waals surface area (Å²) in [5.41, 5.74) is 0. The molecular weight excluding hydrogens is 249 g/mol. The number of alkyl halides is 3. The molecule has 0 saturated carbocycles. The van der Waals surface area contributed by atoms with Crippen molar-refractivity contribution in [3.05, 3.63) is 0 Å². The molecule has 0 aromatic rings. The van der Waals surface area contributed by atoms with Crippen molar-refractivity contribution in [2.75, 3.05) is 46.4 Å². The van der Waals surface area contributed by atoms with Gasteiger partial charge in [0.15, 0.2) is 0 Å². The van der Waals surface area contributed by atoms with Crippen molar-refractivity contribution in [2.45, 2.75) is 19.0 Å².